The topological polar surface area (TPSA) is 66.4 Å². The Labute approximate surface area is 170 Å². The van der Waals surface area contributed by atoms with E-state index in [-0.39, 0.29) is 6.61 Å². The molecule has 4 rings (SSSR count). The summed E-state index contributed by atoms with van der Waals surface area (Å²) >= 11 is 0. The van der Waals surface area contributed by atoms with E-state index in [1.165, 1.54) is 0 Å². The maximum atomic E-state index is 10.9. The Hall–Kier alpha value is -2.06. The zero-order valence-corrected chi connectivity index (χ0v) is 16.1. The molecule has 0 aromatic heterocycles. The third-order valence-electron chi connectivity index (χ3n) is 5.04. The van der Waals surface area contributed by atoms with Crippen molar-refractivity contribution in [3.63, 3.8) is 0 Å². The second-order valence-corrected chi connectivity index (χ2v) is 7.09. The van der Waals surface area contributed by atoms with E-state index in [1.807, 2.05) is 60.7 Å². The zero-order valence-electron chi connectivity index (χ0n) is 16.1. The number of fused-ring (bicyclic) bond motifs is 1. The molecule has 6 heteroatoms. The molecule has 0 aliphatic carbocycles. The molecule has 0 radical (unpaired) electrons. The van der Waals surface area contributed by atoms with Crippen molar-refractivity contribution in [1.82, 2.24) is 0 Å². The van der Waals surface area contributed by atoms with Gasteiger partial charge in [-0.2, -0.15) is 0 Å². The highest BCUT2D eigenvalue weighted by atomic mass is 16.8. The lowest BCUT2D eigenvalue weighted by Crippen LogP contribution is -2.63. The number of hydrogen-bond acceptors (Lipinski definition) is 6. The highest BCUT2D eigenvalue weighted by Gasteiger charge is 2.50. The van der Waals surface area contributed by atoms with E-state index in [0.717, 1.165) is 11.1 Å². The van der Waals surface area contributed by atoms with Crippen LogP contribution in [0.1, 0.15) is 17.4 Å². The van der Waals surface area contributed by atoms with Crippen LogP contribution in [0.2, 0.25) is 0 Å². The summed E-state index contributed by atoms with van der Waals surface area (Å²) in [6.07, 6.45) is -2.29. The predicted octanol–water partition coefficient (Wildman–Crippen LogP) is 2.97. The molecule has 0 bridgehead atoms. The van der Waals surface area contributed by atoms with Crippen molar-refractivity contribution >= 4 is 0 Å². The van der Waals surface area contributed by atoms with Gasteiger partial charge >= 0.3 is 0 Å². The smallest absolute Gasteiger partial charge is 0.187 e. The second kappa shape index (κ2) is 9.63. The maximum Gasteiger partial charge on any atom is 0.187 e. The molecule has 2 heterocycles. The lowest BCUT2D eigenvalue weighted by Gasteiger charge is -2.47. The number of aliphatic hydroxyl groups excluding tert-OH is 1. The predicted molar refractivity (Wildman–Crippen MR) is 106 cm³/mol. The molecule has 0 saturated carbocycles. The first-order valence-electron chi connectivity index (χ1n) is 9.80. The van der Waals surface area contributed by atoms with Crippen LogP contribution < -0.4 is 0 Å². The standard InChI is InChI=1S/C23H26O6/c1-2-13-25-23-19(24)21(26-14-16-9-5-3-6-10-16)20-18(28-23)15-27-22(29-20)17-11-7-4-8-12-17/h2-12,18-24H,1,13-15H2/t18-,19+,20+,21+,22+,23-/m1/s1. The van der Waals surface area contributed by atoms with E-state index in [4.69, 9.17) is 23.7 Å². The summed E-state index contributed by atoms with van der Waals surface area (Å²) in [5.74, 6) is 0. The van der Waals surface area contributed by atoms with Gasteiger partial charge in [-0.15, -0.1) is 6.58 Å². The molecule has 6 nitrogen and oxygen atoms in total. The summed E-state index contributed by atoms with van der Waals surface area (Å²) in [5, 5.41) is 10.9. The summed E-state index contributed by atoms with van der Waals surface area (Å²) in [5.41, 5.74) is 1.92. The fraction of sp³-hybridized carbons (Fsp3) is 0.391. The molecular weight excluding hydrogens is 372 g/mol. The van der Waals surface area contributed by atoms with Crippen LogP contribution in [0.15, 0.2) is 73.3 Å². The fourth-order valence-electron chi connectivity index (χ4n) is 3.60. The molecule has 0 spiro atoms. The largest absolute Gasteiger partial charge is 0.385 e. The molecular formula is C23H26O6. The van der Waals surface area contributed by atoms with E-state index in [0.29, 0.717) is 13.2 Å². The average molecular weight is 398 g/mol. The van der Waals surface area contributed by atoms with Gasteiger partial charge in [0.1, 0.15) is 24.4 Å². The van der Waals surface area contributed by atoms with Crippen LogP contribution in [0.3, 0.4) is 0 Å². The number of aliphatic hydroxyl groups is 1. The molecule has 2 aromatic rings. The van der Waals surface area contributed by atoms with Crippen molar-refractivity contribution < 1.29 is 28.8 Å². The van der Waals surface area contributed by atoms with Crippen molar-refractivity contribution in [1.29, 1.82) is 0 Å². The van der Waals surface area contributed by atoms with E-state index in [9.17, 15) is 5.11 Å². The van der Waals surface area contributed by atoms with Crippen LogP contribution >= 0.6 is 0 Å². The maximum absolute atomic E-state index is 10.9. The monoisotopic (exact) mass is 398 g/mol. The Bertz CT molecular complexity index is 767. The van der Waals surface area contributed by atoms with Crippen LogP contribution in [0.4, 0.5) is 0 Å². The summed E-state index contributed by atoms with van der Waals surface area (Å²) < 4.78 is 29.7. The van der Waals surface area contributed by atoms with Crippen LogP contribution in [-0.4, -0.2) is 49.0 Å². The molecule has 6 atom stereocenters. The third kappa shape index (κ3) is 4.75. The number of ether oxygens (including phenoxy) is 5. The van der Waals surface area contributed by atoms with E-state index < -0.39 is 37.0 Å². The Morgan fingerprint density at radius 2 is 1.72 bits per heavy atom. The molecule has 29 heavy (non-hydrogen) atoms. The van der Waals surface area contributed by atoms with Gasteiger partial charge in [0.25, 0.3) is 0 Å². The van der Waals surface area contributed by atoms with Gasteiger partial charge in [-0.1, -0.05) is 66.7 Å². The van der Waals surface area contributed by atoms with Gasteiger partial charge < -0.3 is 28.8 Å². The first-order chi connectivity index (χ1) is 14.3. The molecule has 0 amide bonds. The number of benzene rings is 2. The molecule has 154 valence electrons. The summed E-state index contributed by atoms with van der Waals surface area (Å²) in [6.45, 7) is 4.57. The first-order valence-corrected chi connectivity index (χ1v) is 9.80. The summed E-state index contributed by atoms with van der Waals surface area (Å²) in [4.78, 5) is 0. The van der Waals surface area contributed by atoms with Crippen LogP contribution in [0.5, 0.6) is 0 Å². The minimum Gasteiger partial charge on any atom is -0.385 e. The Morgan fingerprint density at radius 1 is 1.00 bits per heavy atom. The van der Waals surface area contributed by atoms with Gasteiger partial charge in [0.05, 0.1) is 19.8 Å². The van der Waals surface area contributed by atoms with Crippen molar-refractivity contribution in [3.8, 4) is 0 Å². The van der Waals surface area contributed by atoms with Gasteiger partial charge in [0.15, 0.2) is 12.6 Å². The van der Waals surface area contributed by atoms with Crippen LogP contribution in [0.25, 0.3) is 0 Å². The number of rotatable bonds is 7. The van der Waals surface area contributed by atoms with Gasteiger partial charge in [-0.3, -0.25) is 0 Å². The molecule has 2 fully saturated rings. The van der Waals surface area contributed by atoms with Crippen molar-refractivity contribution in [2.24, 2.45) is 0 Å². The quantitative estimate of drug-likeness (QED) is 0.724. The lowest BCUT2D eigenvalue weighted by molar-refractivity contribution is -0.365. The molecule has 2 aromatic carbocycles. The average Bonchev–Trinajstić information content (AvgIpc) is 2.78. The minimum absolute atomic E-state index is 0.263. The third-order valence-corrected chi connectivity index (χ3v) is 5.04. The summed E-state index contributed by atoms with van der Waals surface area (Å²) in [6, 6.07) is 19.5. The zero-order chi connectivity index (χ0) is 20.1. The molecule has 1 N–H and O–H groups in total. The highest BCUT2D eigenvalue weighted by Crippen LogP contribution is 2.35. The van der Waals surface area contributed by atoms with Gasteiger partial charge in [0, 0.05) is 5.56 Å². The van der Waals surface area contributed by atoms with Crippen LogP contribution in [0, 0.1) is 0 Å². The van der Waals surface area contributed by atoms with Crippen LogP contribution in [-0.2, 0) is 30.3 Å². The Kier molecular flexibility index (Phi) is 6.71. The van der Waals surface area contributed by atoms with Gasteiger partial charge in [0.2, 0.25) is 0 Å². The second-order valence-electron chi connectivity index (χ2n) is 7.09. The molecule has 2 saturated heterocycles. The minimum atomic E-state index is -1.01. The molecule has 2 aliphatic heterocycles. The van der Waals surface area contributed by atoms with Gasteiger partial charge in [-0.05, 0) is 5.56 Å². The highest BCUT2D eigenvalue weighted by molar-refractivity contribution is 5.17. The van der Waals surface area contributed by atoms with E-state index in [2.05, 4.69) is 6.58 Å². The SMILES string of the molecule is C=CCO[C@@H]1O[C@@H]2CO[C@H](c3ccccc3)O[C@@H]2[C@@H](OCc2ccccc2)[C@@H]1O. The van der Waals surface area contributed by atoms with Crippen molar-refractivity contribution in [2.75, 3.05) is 13.2 Å². The number of hydrogen-bond donors (Lipinski definition) is 1. The van der Waals surface area contributed by atoms with E-state index in [1.54, 1.807) is 6.08 Å². The van der Waals surface area contributed by atoms with Gasteiger partial charge in [-0.25, -0.2) is 0 Å². The molecule has 2 aliphatic rings. The molecule has 0 unspecified atom stereocenters. The Morgan fingerprint density at radius 3 is 2.45 bits per heavy atom. The normalized spacial score (nSPS) is 31.8. The summed E-state index contributed by atoms with van der Waals surface area (Å²) in [7, 11) is 0. The fourth-order valence-corrected chi connectivity index (χ4v) is 3.60. The lowest BCUT2D eigenvalue weighted by atomic mass is 9.97. The van der Waals surface area contributed by atoms with E-state index >= 15 is 0 Å². The van der Waals surface area contributed by atoms with Crippen molar-refractivity contribution in [2.45, 2.75) is 43.6 Å². The first kappa shape index (κ1) is 20.2. The van der Waals surface area contributed by atoms with Crippen molar-refractivity contribution in [3.05, 3.63) is 84.4 Å². The Balaban J connectivity index is 1.51.